The maximum atomic E-state index is 12.5. The SMILES string of the molecule is NC1CCC(N)(c2ccc3ncc(-c4cccc(OC(F)(F)F)c4)n3n2)CC1. The average Bonchev–Trinajstić information content (AvgIpc) is 3.06. The second-order valence-corrected chi connectivity index (χ2v) is 7.20. The highest BCUT2D eigenvalue weighted by Gasteiger charge is 2.34. The van der Waals surface area contributed by atoms with E-state index in [0.717, 1.165) is 25.7 Å². The fourth-order valence-electron chi connectivity index (χ4n) is 3.60. The molecule has 0 aliphatic heterocycles. The molecule has 2 aromatic heterocycles. The summed E-state index contributed by atoms with van der Waals surface area (Å²) in [7, 11) is 0. The molecule has 0 atom stereocenters. The number of alkyl halides is 3. The molecule has 1 aliphatic carbocycles. The summed E-state index contributed by atoms with van der Waals surface area (Å²) in [6.45, 7) is 0. The molecular formula is C19H20F3N5O. The molecule has 0 spiro atoms. The Morgan fingerprint density at radius 3 is 2.61 bits per heavy atom. The predicted octanol–water partition coefficient (Wildman–Crippen LogP) is 3.35. The summed E-state index contributed by atoms with van der Waals surface area (Å²) in [5.74, 6) is -0.298. The van der Waals surface area contributed by atoms with Crippen LogP contribution >= 0.6 is 0 Å². The highest BCUT2D eigenvalue weighted by Crippen LogP contribution is 2.34. The zero-order valence-corrected chi connectivity index (χ0v) is 15.0. The third-order valence-corrected chi connectivity index (χ3v) is 5.16. The maximum absolute atomic E-state index is 12.5. The second-order valence-electron chi connectivity index (χ2n) is 7.20. The Labute approximate surface area is 159 Å². The van der Waals surface area contributed by atoms with Crippen molar-refractivity contribution in [3.63, 3.8) is 0 Å². The van der Waals surface area contributed by atoms with E-state index in [-0.39, 0.29) is 11.8 Å². The van der Waals surface area contributed by atoms with Crippen molar-refractivity contribution < 1.29 is 17.9 Å². The van der Waals surface area contributed by atoms with Crippen LogP contribution < -0.4 is 16.2 Å². The van der Waals surface area contributed by atoms with Crippen LogP contribution in [-0.4, -0.2) is 27.0 Å². The largest absolute Gasteiger partial charge is 0.573 e. The number of nitrogens with zero attached hydrogens (tertiary/aromatic N) is 3. The van der Waals surface area contributed by atoms with Gasteiger partial charge in [-0.3, -0.25) is 0 Å². The zero-order valence-electron chi connectivity index (χ0n) is 15.0. The van der Waals surface area contributed by atoms with Gasteiger partial charge in [0.1, 0.15) is 5.75 Å². The third-order valence-electron chi connectivity index (χ3n) is 5.16. The molecule has 0 unspecified atom stereocenters. The summed E-state index contributed by atoms with van der Waals surface area (Å²) in [6, 6.07) is 9.55. The molecule has 1 saturated carbocycles. The number of hydrogen-bond donors (Lipinski definition) is 2. The minimum Gasteiger partial charge on any atom is -0.406 e. The van der Waals surface area contributed by atoms with Crippen molar-refractivity contribution >= 4 is 5.65 Å². The summed E-state index contributed by atoms with van der Waals surface area (Å²) in [5, 5.41) is 4.66. The van der Waals surface area contributed by atoms with E-state index < -0.39 is 11.9 Å². The molecular weight excluding hydrogens is 371 g/mol. The van der Waals surface area contributed by atoms with Crippen molar-refractivity contribution in [2.45, 2.75) is 43.6 Å². The minimum atomic E-state index is -4.75. The van der Waals surface area contributed by atoms with Gasteiger partial charge in [0.15, 0.2) is 5.65 Å². The minimum absolute atomic E-state index is 0.153. The van der Waals surface area contributed by atoms with Crippen LogP contribution in [0.5, 0.6) is 5.75 Å². The first-order valence-corrected chi connectivity index (χ1v) is 8.99. The van der Waals surface area contributed by atoms with Crippen molar-refractivity contribution in [3.8, 4) is 17.0 Å². The van der Waals surface area contributed by atoms with E-state index in [1.807, 2.05) is 12.1 Å². The Hall–Kier alpha value is -2.65. The Kier molecular flexibility index (Phi) is 4.51. The standard InChI is InChI=1S/C19H20F3N5O/c20-19(21,22)28-14-3-1-2-12(10-14)15-11-25-17-5-4-16(26-27(15)17)18(24)8-6-13(23)7-9-18/h1-5,10-11,13H,6-9,23-24H2. The van der Waals surface area contributed by atoms with E-state index in [4.69, 9.17) is 11.5 Å². The fourth-order valence-corrected chi connectivity index (χ4v) is 3.60. The number of halogens is 3. The second kappa shape index (κ2) is 6.75. The normalized spacial score (nSPS) is 23.1. The lowest BCUT2D eigenvalue weighted by molar-refractivity contribution is -0.274. The molecule has 4 rings (SSSR count). The lowest BCUT2D eigenvalue weighted by Gasteiger charge is -2.35. The Morgan fingerprint density at radius 1 is 1.14 bits per heavy atom. The molecule has 2 heterocycles. The Bertz CT molecular complexity index is 993. The zero-order chi connectivity index (χ0) is 19.9. The molecule has 0 radical (unpaired) electrons. The Balaban J connectivity index is 1.72. The van der Waals surface area contributed by atoms with Gasteiger partial charge in [-0.25, -0.2) is 9.50 Å². The maximum Gasteiger partial charge on any atom is 0.573 e. The van der Waals surface area contributed by atoms with Crippen LogP contribution in [-0.2, 0) is 5.54 Å². The van der Waals surface area contributed by atoms with Gasteiger partial charge >= 0.3 is 6.36 Å². The summed E-state index contributed by atoms with van der Waals surface area (Å²) >= 11 is 0. The van der Waals surface area contributed by atoms with Gasteiger partial charge < -0.3 is 16.2 Å². The number of imidazole rings is 1. The quantitative estimate of drug-likeness (QED) is 0.714. The van der Waals surface area contributed by atoms with Gasteiger partial charge in [0.2, 0.25) is 0 Å². The molecule has 1 aliphatic rings. The van der Waals surface area contributed by atoms with Gasteiger partial charge in [-0.2, -0.15) is 5.10 Å². The lowest BCUT2D eigenvalue weighted by Crippen LogP contribution is -2.44. The van der Waals surface area contributed by atoms with Crippen molar-refractivity contribution in [2.24, 2.45) is 11.5 Å². The lowest BCUT2D eigenvalue weighted by atomic mass is 9.78. The van der Waals surface area contributed by atoms with Gasteiger partial charge in [0.25, 0.3) is 0 Å². The molecule has 148 valence electrons. The number of hydrogen-bond acceptors (Lipinski definition) is 5. The van der Waals surface area contributed by atoms with Crippen LogP contribution in [0.4, 0.5) is 13.2 Å². The smallest absolute Gasteiger partial charge is 0.406 e. The van der Waals surface area contributed by atoms with E-state index in [0.29, 0.717) is 22.6 Å². The third kappa shape index (κ3) is 3.67. The van der Waals surface area contributed by atoms with Gasteiger partial charge in [-0.15, -0.1) is 13.2 Å². The van der Waals surface area contributed by atoms with E-state index in [1.165, 1.54) is 18.2 Å². The number of benzene rings is 1. The van der Waals surface area contributed by atoms with Gasteiger partial charge in [0, 0.05) is 11.6 Å². The molecule has 3 aromatic rings. The van der Waals surface area contributed by atoms with Crippen LogP contribution in [0.2, 0.25) is 0 Å². The van der Waals surface area contributed by atoms with E-state index in [2.05, 4.69) is 14.8 Å². The number of rotatable bonds is 3. The van der Waals surface area contributed by atoms with Crippen LogP contribution in [0.3, 0.4) is 0 Å². The van der Waals surface area contributed by atoms with Gasteiger partial charge in [-0.1, -0.05) is 12.1 Å². The molecule has 6 nitrogen and oxygen atoms in total. The molecule has 1 fully saturated rings. The predicted molar refractivity (Wildman–Crippen MR) is 97.4 cm³/mol. The van der Waals surface area contributed by atoms with Crippen molar-refractivity contribution in [1.29, 1.82) is 0 Å². The number of aromatic nitrogens is 3. The molecule has 1 aromatic carbocycles. The summed E-state index contributed by atoms with van der Waals surface area (Å²) in [6.07, 6.45) is -0.0824. The topological polar surface area (TPSA) is 91.5 Å². The number of nitrogens with two attached hydrogens (primary N) is 2. The van der Waals surface area contributed by atoms with Gasteiger partial charge in [-0.05, 0) is 49.9 Å². The molecule has 0 bridgehead atoms. The first-order chi connectivity index (χ1) is 13.2. The highest BCUT2D eigenvalue weighted by atomic mass is 19.4. The number of ether oxygens (including phenoxy) is 1. The van der Waals surface area contributed by atoms with Crippen molar-refractivity contribution in [1.82, 2.24) is 14.6 Å². The molecule has 28 heavy (non-hydrogen) atoms. The first kappa shape index (κ1) is 18.7. The summed E-state index contributed by atoms with van der Waals surface area (Å²) in [5.41, 5.74) is 14.4. The highest BCUT2D eigenvalue weighted by molar-refractivity contribution is 5.64. The molecule has 0 amide bonds. The van der Waals surface area contributed by atoms with Crippen molar-refractivity contribution in [2.75, 3.05) is 0 Å². The van der Waals surface area contributed by atoms with Crippen LogP contribution in [0, 0.1) is 0 Å². The Morgan fingerprint density at radius 2 is 1.89 bits per heavy atom. The first-order valence-electron chi connectivity index (χ1n) is 8.99. The van der Waals surface area contributed by atoms with Gasteiger partial charge in [0.05, 0.1) is 23.1 Å². The van der Waals surface area contributed by atoms with E-state index >= 15 is 0 Å². The summed E-state index contributed by atoms with van der Waals surface area (Å²) in [4.78, 5) is 4.30. The average molecular weight is 391 g/mol. The fraction of sp³-hybridized carbons (Fsp3) is 0.368. The van der Waals surface area contributed by atoms with Crippen molar-refractivity contribution in [3.05, 3.63) is 48.3 Å². The van der Waals surface area contributed by atoms with Crippen LogP contribution in [0.15, 0.2) is 42.6 Å². The molecule has 9 heteroatoms. The van der Waals surface area contributed by atoms with E-state index in [9.17, 15) is 13.2 Å². The summed E-state index contributed by atoms with van der Waals surface area (Å²) < 4.78 is 43.2. The van der Waals surface area contributed by atoms with E-state index in [1.54, 1.807) is 16.8 Å². The molecule has 4 N–H and O–H groups in total. The molecule has 0 saturated heterocycles. The number of fused-ring (bicyclic) bond motifs is 1. The van der Waals surface area contributed by atoms with Crippen LogP contribution in [0.25, 0.3) is 16.9 Å². The monoisotopic (exact) mass is 391 g/mol. The van der Waals surface area contributed by atoms with Crippen LogP contribution in [0.1, 0.15) is 31.4 Å².